The van der Waals surface area contributed by atoms with Crippen LogP contribution in [0.5, 0.6) is 0 Å². The number of amides is 1. The molecule has 2 N–H and O–H groups in total. The lowest BCUT2D eigenvalue weighted by Crippen LogP contribution is -2.38. The zero-order chi connectivity index (χ0) is 24.3. The van der Waals surface area contributed by atoms with Gasteiger partial charge in [0, 0.05) is 13.5 Å². The Balaban J connectivity index is 1.92. The molecular formula is C25H30N2O5Si. The minimum Gasteiger partial charge on any atom is -0.389 e. The zero-order valence-electron chi connectivity index (χ0n) is 19.6. The summed E-state index contributed by atoms with van der Waals surface area (Å²) in [6.45, 7) is 8.45. The Kier molecular flexibility index (Phi) is 7.19. The van der Waals surface area contributed by atoms with Gasteiger partial charge in [-0.1, -0.05) is 73.4 Å². The fourth-order valence-electron chi connectivity index (χ4n) is 3.68. The number of ketones is 1. The van der Waals surface area contributed by atoms with Crippen LogP contribution in [0.1, 0.15) is 46.3 Å². The lowest BCUT2D eigenvalue weighted by atomic mass is 9.95. The number of aliphatic hydroxyl groups excluding tert-OH is 1. The summed E-state index contributed by atoms with van der Waals surface area (Å²) in [6.07, 6.45) is -0.504. The summed E-state index contributed by atoms with van der Waals surface area (Å²) in [5.41, 5.74) is 1.65. The SMILES string of the molecule is CC(O)c1ccc(C(C(=O)Cc2ccc([Si](C)(C)C)cc2)N(C)C(=O)c2cc(=O)[nH]o2)cc1. The van der Waals surface area contributed by atoms with Gasteiger partial charge in [-0.25, -0.2) is 0 Å². The van der Waals surface area contributed by atoms with E-state index < -0.39 is 31.7 Å². The van der Waals surface area contributed by atoms with Crippen LogP contribution < -0.4 is 10.7 Å². The van der Waals surface area contributed by atoms with Crippen molar-refractivity contribution in [2.45, 2.75) is 45.1 Å². The van der Waals surface area contributed by atoms with Crippen LogP contribution in [0.15, 0.2) is 63.9 Å². The molecule has 0 aliphatic rings. The van der Waals surface area contributed by atoms with E-state index in [4.69, 9.17) is 4.52 Å². The molecule has 1 aromatic heterocycles. The van der Waals surface area contributed by atoms with Gasteiger partial charge in [0.25, 0.3) is 11.5 Å². The topological polar surface area (TPSA) is 104 Å². The number of hydrogen-bond acceptors (Lipinski definition) is 5. The van der Waals surface area contributed by atoms with E-state index in [9.17, 15) is 19.5 Å². The first kappa shape index (κ1) is 24.4. The average Bonchev–Trinajstić information content (AvgIpc) is 3.19. The number of likely N-dealkylation sites (N-methyl/N-ethyl adjacent to an activating group) is 1. The molecular weight excluding hydrogens is 436 g/mol. The minimum atomic E-state index is -1.45. The molecule has 33 heavy (non-hydrogen) atoms. The largest absolute Gasteiger partial charge is 0.389 e. The highest BCUT2D eigenvalue weighted by Gasteiger charge is 2.31. The number of H-pyrrole nitrogens is 1. The van der Waals surface area contributed by atoms with Gasteiger partial charge in [0.1, 0.15) is 6.04 Å². The summed E-state index contributed by atoms with van der Waals surface area (Å²) in [6, 6.07) is 15.2. The van der Waals surface area contributed by atoms with Crippen molar-refractivity contribution < 1.29 is 19.2 Å². The second kappa shape index (κ2) is 9.72. The number of Topliss-reactive ketones (excluding diaryl/α,β-unsaturated/α-hetero) is 1. The second-order valence-corrected chi connectivity index (χ2v) is 14.4. The number of rotatable bonds is 8. The maximum Gasteiger partial charge on any atom is 0.293 e. The molecule has 0 aliphatic carbocycles. The van der Waals surface area contributed by atoms with Crippen molar-refractivity contribution >= 4 is 25.0 Å². The van der Waals surface area contributed by atoms with Crippen LogP contribution in [-0.2, 0) is 11.2 Å². The Hall–Kier alpha value is -3.23. The number of aromatic amines is 1. The van der Waals surface area contributed by atoms with Crippen molar-refractivity contribution in [3.05, 3.63) is 87.4 Å². The summed E-state index contributed by atoms with van der Waals surface area (Å²) < 4.78 is 4.96. The highest BCUT2D eigenvalue weighted by Crippen LogP contribution is 2.26. The normalized spacial score (nSPS) is 13.4. The van der Waals surface area contributed by atoms with Crippen molar-refractivity contribution in [1.82, 2.24) is 10.1 Å². The number of aromatic nitrogens is 1. The molecule has 2 aromatic carbocycles. The maximum atomic E-state index is 13.5. The molecule has 0 fully saturated rings. The van der Waals surface area contributed by atoms with Crippen molar-refractivity contribution in [3.63, 3.8) is 0 Å². The van der Waals surface area contributed by atoms with Crippen LogP contribution in [0.25, 0.3) is 0 Å². The highest BCUT2D eigenvalue weighted by molar-refractivity contribution is 6.88. The molecule has 2 atom stereocenters. The number of aliphatic hydroxyl groups is 1. The molecule has 0 aliphatic heterocycles. The van der Waals surface area contributed by atoms with Crippen LogP contribution in [0.2, 0.25) is 19.6 Å². The third-order valence-electron chi connectivity index (χ3n) is 5.68. The predicted molar refractivity (Wildman–Crippen MR) is 129 cm³/mol. The monoisotopic (exact) mass is 466 g/mol. The van der Waals surface area contributed by atoms with E-state index in [2.05, 4.69) is 36.9 Å². The lowest BCUT2D eigenvalue weighted by Gasteiger charge is -2.27. The molecule has 3 rings (SSSR count). The minimum absolute atomic E-state index is 0.142. The number of hydrogen-bond donors (Lipinski definition) is 2. The Morgan fingerprint density at radius 2 is 1.61 bits per heavy atom. The fraction of sp³-hybridized carbons (Fsp3) is 0.320. The van der Waals surface area contributed by atoms with Gasteiger partial charge in [-0.05, 0) is 23.6 Å². The smallest absolute Gasteiger partial charge is 0.293 e. The summed E-state index contributed by atoms with van der Waals surface area (Å²) in [7, 11) is 0.0578. The first-order valence-corrected chi connectivity index (χ1v) is 14.3. The van der Waals surface area contributed by atoms with Crippen LogP contribution in [0.4, 0.5) is 0 Å². The van der Waals surface area contributed by atoms with E-state index >= 15 is 0 Å². The summed E-state index contributed by atoms with van der Waals surface area (Å²) in [5, 5.41) is 13.2. The standard InChI is InChI=1S/C25H30N2O5Si/c1-16(28)18-8-10-19(11-9-18)24(27(2)25(31)22-15-23(30)26-32-22)21(29)14-17-6-12-20(13-7-17)33(3,4)5/h6-13,15-16,24,28H,14H2,1-5H3,(H,26,30). The molecule has 0 saturated carbocycles. The van der Waals surface area contributed by atoms with E-state index in [1.165, 1.54) is 17.1 Å². The van der Waals surface area contributed by atoms with Gasteiger partial charge in [-0.3, -0.25) is 14.4 Å². The predicted octanol–water partition coefficient (Wildman–Crippen LogP) is 3.19. The first-order chi connectivity index (χ1) is 15.5. The molecule has 3 aromatic rings. The summed E-state index contributed by atoms with van der Waals surface area (Å²) >= 11 is 0. The molecule has 7 nitrogen and oxygen atoms in total. The Bertz CT molecular complexity index is 1170. The zero-order valence-corrected chi connectivity index (χ0v) is 20.6. The van der Waals surface area contributed by atoms with Gasteiger partial charge >= 0.3 is 0 Å². The molecule has 0 spiro atoms. The van der Waals surface area contributed by atoms with Crippen LogP contribution in [0.3, 0.4) is 0 Å². The van der Waals surface area contributed by atoms with Gasteiger partial charge in [0.2, 0.25) is 5.76 Å². The average molecular weight is 467 g/mol. The quantitative estimate of drug-likeness (QED) is 0.496. The molecule has 2 unspecified atom stereocenters. The molecule has 1 heterocycles. The lowest BCUT2D eigenvalue weighted by molar-refractivity contribution is -0.122. The van der Waals surface area contributed by atoms with E-state index in [0.717, 1.165) is 11.6 Å². The van der Waals surface area contributed by atoms with Crippen molar-refractivity contribution in [2.75, 3.05) is 7.05 Å². The number of carbonyl (C=O) groups is 2. The molecule has 174 valence electrons. The van der Waals surface area contributed by atoms with Gasteiger partial charge in [-0.2, -0.15) is 5.16 Å². The Morgan fingerprint density at radius 3 is 2.09 bits per heavy atom. The number of nitrogens with zero attached hydrogens (tertiary/aromatic N) is 1. The second-order valence-electron chi connectivity index (χ2n) is 9.33. The third kappa shape index (κ3) is 5.77. The highest BCUT2D eigenvalue weighted by atomic mass is 28.3. The van der Waals surface area contributed by atoms with Crippen molar-refractivity contribution in [1.29, 1.82) is 0 Å². The van der Waals surface area contributed by atoms with E-state index in [0.29, 0.717) is 11.1 Å². The molecule has 0 bridgehead atoms. The number of nitrogens with one attached hydrogen (secondary N) is 1. The first-order valence-electron chi connectivity index (χ1n) is 10.8. The van der Waals surface area contributed by atoms with E-state index in [1.54, 1.807) is 31.2 Å². The summed E-state index contributed by atoms with van der Waals surface area (Å²) in [4.78, 5) is 39.1. The molecule has 0 radical (unpaired) electrons. The van der Waals surface area contributed by atoms with Crippen LogP contribution in [-0.4, -0.2) is 42.0 Å². The Labute approximate surface area is 194 Å². The van der Waals surface area contributed by atoms with Gasteiger partial charge < -0.3 is 14.5 Å². The molecule has 8 heteroatoms. The molecule has 0 saturated heterocycles. The van der Waals surface area contributed by atoms with Crippen molar-refractivity contribution in [2.24, 2.45) is 0 Å². The van der Waals surface area contributed by atoms with Gasteiger partial charge in [-0.15, -0.1) is 0 Å². The summed E-state index contributed by atoms with van der Waals surface area (Å²) in [5.74, 6) is -0.921. The van der Waals surface area contributed by atoms with E-state index in [1.807, 2.05) is 12.1 Å². The third-order valence-corrected chi connectivity index (χ3v) is 7.75. The van der Waals surface area contributed by atoms with E-state index in [-0.39, 0.29) is 18.0 Å². The Morgan fingerprint density at radius 1 is 1.03 bits per heavy atom. The van der Waals surface area contributed by atoms with Crippen LogP contribution in [0, 0.1) is 0 Å². The van der Waals surface area contributed by atoms with Gasteiger partial charge in [0.05, 0.1) is 20.2 Å². The fourth-order valence-corrected chi connectivity index (χ4v) is 4.85. The van der Waals surface area contributed by atoms with Crippen molar-refractivity contribution in [3.8, 4) is 0 Å². The number of carbonyl (C=O) groups excluding carboxylic acids is 2. The molecule has 1 amide bonds. The van der Waals surface area contributed by atoms with Crippen LogP contribution >= 0.6 is 0 Å². The van der Waals surface area contributed by atoms with Gasteiger partial charge in [0.15, 0.2) is 5.78 Å². The maximum absolute atomic E-state index is 13.5. The number of benzene rings is 2.